The minimum Gasteiger partial charge on any atom is -0.308 e. The Hall–Kier alpha value is -0.910. The van der Waals surface area contributed by atoms with Crippen LogP contribution in [0.4, 0.5) is 0 Å². The number of hydrogen-bond acceptors (Lipinski definition) is 3. The molecule has 0 saturated heterocycles. The maximum atomic E-state index is 6.06. The van der Waals surface area contributed by atoms with Gasteiger partial charge in [0.25, 0.3) is 0 Å². The van der Waals surface area contributed by atoms with E-state index in [2.05, 4.69) is 31.6 Å². The molecule has 1 aliphatic carbocycles. The lowest BCUT2D eigenvalue weighted by molar-refractivity contribution is 0.671. The lowest BCUT2D eigenvalue weighted by Crippen LogP contribution is -2.15. The number of nitrogens with one attached hydrogen (secondary N) is 1. The Balaban J connectivity index is 1.80. The van der Waals surface area contributed by atoms with Crippen molar-refractivity contribution >= 4 is 27.5 Å². The van der Waals surface area contributed by atoms with Crippen LogP contribution in [0.1, 0.15) is 18.5 Å². The highest BCUT2D eigenvalue weighted by Crippen LogP contribution is 2.28. The normalized spacial score (nSPS) is 15.0. The third-order valence-corrected chi connectivity index (χ3v) is 4.24. The lowest BCUT2D eigenvalue weighted by atomic mass is 10.3. The maximum absolute atomic E-state index is 6.06. The first-order chi connectivity index (χ1) is 8.74. The summed E-state index contributed by atoms with van der Waals surface area (Å²) < 4.78 is 2.57. The minimum absolute atomic E-state index is 0.667. The summed E-state index contributed by atoms with van der Waals surface area (Å²) in [6.07, 6.45) is 4.47. The second-order valence-electron chi connectivity index (χ2n) is 4.38. The third-order valence-electron chi connectivity index (χ3n) is 2.87. The van der Waals surface area contributed by atoms with Gasteiger partial charge in [0.05, 0.1) is 27.1 Å². The van der Waals surface area contributed by atoms with Gasteiger partial charge in [-0.2, -0.15) is 0 Å². The summed E-state index contributed by atoms with van der Waals surface area (Å²) in [6.45, 7) is 0.767. The van der Waals surface area contributed by atoms with Crippen LogP contribution in [0.25, 0.3) is 5.69 Å². The highest BCUT2D eigenvalue weighted by molar-refractivity contribution is 9.10. The Morgan fingerprint density at radius 1 is 1.44 bits per heavy atom. The molecular formula is C12H12BrClN4. The van der Waals surface area contributed by atoms with Crippen LogP contribution in [0, 0.1) is 0 Å². The van der Waals surface area contributed by atoms with Crippen LogP contribution in [0.15, 0.2) is 28.9 Å². The first kappa shape index (κ1) is 12.1. The molecule has 3 rings (SSSR count). The second kappa shape index (κ2) is 4.99. The van der Waals surface area contributed by atoms with E-state index in [1.54, 1.807) is 4.68 Å². The Bertz CT molecular complexity index is 565. The van der Waals surface area contributed by atoms with Crippen molar-refractivity contribution in [2.75, 3.05) is 0 Å². The van der Waals surface area contributed by atoms with Crippen LogP contribution in [-0.2, 0) is 6.54 Å². The number of benzene rings is 1. The summed E-state index contributed by atoms with van der Waals surface area (Å²) in [6, 6.07) is 6.35. The average Bonchev–Trinajstić information content (AvgIpc) is 3.08. The fourth-order valence-corrected chi connectivity index (χ4v) is 2.32. The van der Waals surface area contributed by atoms with E-state index < -0.39 is 0 Å². The van der Waals surface area contributed by atoms with E-state index in [-0.39, 0.29) is 0 Å². The zero-order valence-electron chi connectivity index (χ0n) is 9.61. The zero-order valence-corrected chi connectivity index (χ0v) is 11.9. The fourth-order valence-electron chi connectivity index (χ4n) is 1.70. The minimum atomic E-state index is 0.667. The van der Waals surface area contributed by atoms with Gasteiger partial charge in [0.1, 0.15) is 0 Å². The molecule has 6 heteroatoms. The summed E-state index contributed by atoms with van der Waals surface area (Å²) in [7, 11) is 0. The van der Waals surface area contributed by atoms with Crippen LogP contribution in [-0.4, -0.2) is 21.0 Å². The lowest BCUT2D eigenvalue weighted by Gasteiger charge is -2.04. The molecule has 1 saturated carbocycles. The Kier molecular flexibility index (Phi) is 3.37. The molecule has 1 aliphatic rings. The van der Waals surface area contributed by atoms with Gasteiger partial charge in [-0.15, -0.1) is 5.10 Å². The first-order valence-electron chi connectivity index (χ1n) is 5.83. The molecule has 0 aliphatic heterocycles. The van der Waals surface area contributed by atoms with Crippen LogP contribution in [0.2, 0.25) is 5.02 Å². The largest absolute Gasteiger partial charge is 0.308 e. The van der Waals surface area contributed by atoms with E-state index in [4.69, 9.17) is 11.6 Å². The van der Waals surface area contributed by atoms with Crippen molar-refractivity contribution in [2.45, 2.75) is 25.4 Å². The average molecular weight is 328 g/mol. The number of halogens is 2. The Labute approximate surface area is 118 Å². The number of rotatable bonds is 4. The molecule has 0 unspecified atom stereocenters. The SMILES string of the molecule is Clc1cccc(-n2cc(CNC3CC3)nn2)c1Br. The fraction of sp³-hybridized carbons (Fsp3) is 0.333. The highest BCUT2D eigenvalue weighted by Gasteiger charge is 2.20. The van der Waals surface area contributed by atoms with Crippen LogP contribution >= 0.6 is 27.5 Å². The second-order valence-corrected chi connectivity index (χ2v) is 5.58. The van der Waals surface area contributed by atoms with E-state index in [1.165, 1.54) is 12.8 Å². The van der Waals surface area contributed by atoms with Gasteiger partial charge in [-0.3, -0.25) is 0 Å². The molecule has 0 amide bonds. The third kappa shape index (κ3) is 2.58. The van der Waals surface area contributed by atoms with Gasteiger partial charge in [0, 0.05) is 12.6 Å². The smallest absolute Gasteiger partial charge is 0.0969 e. The molecule has 0 atom stereocenters. The number of nitrogens with zero attached hydrogens (tertiary/aromatic N) is 3. The van der Waals surface area contributed by atoms with Crippen molar-refractivity contribution < 1.29 is 0 Å². The van der Waals surface area contributed by atoms with Crippen molar-refractivity contribution in [1.82, 2.24) is 20.3 Å². The molecule has 4 nitrogen and oxygen atoms in total. The molecule has 94 valence electrons. The van der Waals surface area contributed by atoms with Gasteiger partial charge in [-0.1, -0.05) is 22.9 Å². The Morgan fingerprint density at radius 3 is 3.06 bits per heavy atom. The summed E-state index contributed by atoms with van der Waals surface area (Å²) in [4.78, 5) is 0. The molecule has 1 N–H and O–H groups in total. The molecule has 0 bridgehead atoms. The van der Waals surface area contributed by atoms with Gasteiger partial charge < -0.3 is 5.32 Å². The molecule has 1 aromatic heterocycles. The summed E-state index contributed by atoms with van der Waals surface area (Å²) in [5.41, 5.74) is 1.83. The van der Waals surface area contributed by atoms with Crippen molar-refractivity contribution in [2.24, 2.45) is 0 Å². The Morgan fingerprint density at radius 2 is 2.28 bits per heavy atom. The number of aromatic nitrogens is 3. The maximum Gasteiger partial charge on any atom is 0.0969 e. The van der Waals surface area contributed by atoms with Crippen LogP contribution in [0.3, 0.4) is 0 Å². The summed E-state index contributed by atoms with van der Waals surface area (Å²) in [5.74, 6) is 0. The molecule has 1 fully saturated rings. The number of hydrogen-bond donors (Lipinski definition) is 1. The van der Waals surface area contributed by atoms with Gasteiger partial charge in [0.2, 0.25) is 0 Å². The quantitative estimate of drug-likeness (QED) is 0.939. The van der Waals surface area contributed by atoms with Crippen molar-refractivity contribution in [1.29, 1.82) is 0 Å². The topological polar surface area (TPSA) is 42.7 Å². The predicted octanol–water partition coefficient (Wildman–Crippen LogP) is 2.94. The van der Waals surface area contributed by atoms with Crippen LogP contribution in [0.5, 0.6) is 0 Å². The highest BCUT2D eigenvalue weighted by atomic mass is 79.9. The standard InChI is InChI=1S/C12H12BrClN4/c13-12-10(14)2-1-3-11(12)18-7-9(16-17-18)6-15-8-4-5-8/h1-3,7-8,15H,4-6H2. The van der Waals surface area contributed by atoms with Crippen molar-refractivity contribution in [3.63, 3.8) is 0 Å². The molecule has 1 heterocycles. The molecule has 0 radical (unpaired) electrons. The van der Waals surface area contributed by atoms with Crippen molar-refractivity contribution in [3.8, 4) is 5.69 Å². The van der Waals surface area contributed by atoms with Crippen LogP contribution < -0.4 is 5.32 Å². The molecule has 18 heavy (non-hydrogen) atoms. The van der Waals surface area contributed by atoms with Gasteiger partial charge in [0.15, 0.2) is 0 Å². The van der Waals surface area contributed by atoms with E-state index in [0.29, 0.717) is 11.1 Å². The van der Waals surface area contributed by atoms with E-state index >= 15 is 0 Å². The van der Waals surface area contributed by atoms with Gasteiger partial charge in [-0.05, 0) is 40.9 Å². The van der Waals surface area contributed by atoms with Crippen molar-refractivity contribution in [3.05, 3.63) is 39.6 Å². The van der Waals surface area contributed by atoms with E-state index in [1.807, 2.05) is 24.4 Å². The first-order valence-corrected chi connectivity index (χ1v) is 7.00. The molecular weight excluding hydrogens is 316 g/mol. The van der Waals surface area contributed by atoms with E-state index in [0.717, 1.165) is 22.4 Å². The van der Waals surface area contributed by atoms with Gasteiger partial charge in [-0.25, -0.2) is 4.68 Å². The van der Waals surface area contributed by atoms with E-state index in [9.17, 15) is 0 Å². The summed E-state index contributed by atoms with van der Waals surface area (Å²) >= 11 is 9.52. The molecule has 2 aromatic rings. The molecule has 1 aromatic carbocycles. The predicted molar refractivity (Wildman–Crippen MR) is 73.9 cm³/mol. The monoisotopic (exact) mass is 326 g/mol. The van der Waals surface area contributed by atoms with Gasteiger partial charge >= 0.3 is 0 Å². The summed E-state index contributed by atoms with van der Waals surface area (Å²) in [5, 5.41) is 12.4. The molecule has 0 spiro atoms. The zero-order chi connectivity index (χ0) is 12.5.